The molecular weight excluding hydrogens is 214 g/mol. The first kappa shape index (κ1) is 11.7. The number of para-hydroxylation sites is 1. The normalized spacial score (nSPS) is 24.4. The van der Waals surface area contributed by atoms with Gasteiger partial charge >= 0.3 is 0 Å². The third-order valence-corrected chi connectivity index (χ3v) is 3.22. The highest BCUT2D eigenvalue weighted by Crippen LogP contribution is 2.31. The van der Waals surface area contributed by atoms with E-state index < -0.39 is 5.60 Å². The number of piperidine rings is 1. The van der Waals surface area contributed by atoms with Gasteiger partial charge in [0.1, 0.15) is 6.07 Å². The maximum Gasteiger partial charge on any atom is 0.101 e. The molecule has 90 valence electrons. The lowest BCUT2D eigenvalue weighted by Gasteiger charge is -2.38. The van der Waals surface area contributed by atoms with E-state index in [-0.39, 0.29) is 0 Å². The van der Waals surface area contributed by atoms with Gasteiger partial charge in [-0.05, 0) is 31.9 Å². The van der Waals surface area contributed by atoms with Crippen molar-refractivity contribution < 1.29 is 5.11 Å². The van der Waals surface area contributed by atoms with Gasteiger partial charge in [0.05, 0.1) is 22.5 Å². The highest BCUT2D eigenvalue weighted by atomic mass is 16.3. The smallest absolute Gasteiger partial charge is 0.101 e. The molecule has 1 fully saturated rings. The van der Waals surface area contributed by atoms with Crippen LogP contribution in [0.2, 0.25) is 0 Å². The van der Waals surface area contributed by atoms with Gasteiger partial charge < -0.3 is 15.7 Å². The summed E-state index contributed by atoms with van der Waals surface area (Å²) in [6.45, 7) is 3.27. The number of nitrogens with zero attached hydrogens (tertiary/aromatic N) is 2. The molecule has 0 radical (unpaired) electrons. The molecule has 3 N–H and O–H groups in total. The largest absolute Gasteiger partial charge is 0.396 e. The van der Waals surface area contributed by atoms with Crippen molar-refractivity contribution in [1.82, 2.24) is 0 Å². The van der Waals surface area contributed by atoms with Crippen molar-refractivity contribution in [3.63, 3.8) is 0 Å². The highest BCUT2D eigenvalue weighted by Gasteiger charge is 2.29. The molecule has 1 heterocycles. The molecule has 1 aliphatic rings. The molecule has 4 heteroatoms. The minimum absolute atomic E-state index is 0.493. The summed E-state index contributed by atoms with van der Waals surface area (Å²) in [5.41, 5.74) is 7.15. The number of rotatable bonds is 1. The van der Waals surface area contributed by atoms with Gasteiger partial charge in [-0.2, -0.15) is 5.26 Å². The fraction of sp³-hybridized carbons (Fsp3) is 0.462. The van der Waals surface area contributed by atoms with Crippen molar-refractivity contribution >= 4 is 11.4 Å². The molecule has 2 rings (SSSR count). The van der Waals surface area contributed by atoms with Crippen LogP contribution in [-0.2, 0) is 0 Å². The van der Waals surface area contributed by atoms with E-state index in [1.54, 1.807) is 6.07 Å². The van der Waals surface area contributed by atoms with E-state index >= 15 is 0 Å². The Balaban J connectivity index is 2.32. The summed E-state index contributed by atoms with van der Waals surface area (Å²) >= 11 is 0. The van der Waals surface area contributed by atoms with E-state index in [1.807, 2.05) is 19.1 Å². The lowest BCUT2D eigenvalue weighted by atomic mass is 9.94. The van der Waals surface area contributed by atoms with Gasteiger partial charge in [0.2, 0.25) is 0 Å². The van der Waals surface area contributed by atoms with E-state index in [0.29, 0.717) is 17.8 Å². The van der Waals surface area contributed by atoms with E-state index in [0.717, 1.165) is 25.1 Å². The molecule has 0 aromatic heterocycles. The summed E-state index contributed by atoms with van der Waals surface area (Å²) in [5.74, 6) is 0. The molecule has 1 aliphatic heterocycles. The van der Waals surface area contributed by atoms with E-state index in [4.69, 9.17) is 11.0 Å². The van der Waals surface area contributed by atoms with Crippen LogP contribution in [0.1, 0.15) is 25.3 Å². The maximum atomic E-state index is 10.1. The fourth-order valence-corrected chi connectivity index (χ4v) is 2.35. The molecule has 0 bridgehead atoms. The van der Waals surface area contributed by atoms with Crippen molar-refractivity contribution in [2.24, 2.45) is 0 Å². The van der Waals surface area contributed by atoms with Crippen LogP contribution in [0, 0.1) is 11.3 Å². The number of anilines is 2. The van der Waals surface area contributed by atoms with Crippen molar-refractivity contribution in [2.45, 2.75) is 25.4 Å². The van der Waals surface area contributed by atoms with Gasteiger partial charge in [-0.15, -0.1) is 0 Å². The molecule has 1 unspecified atom stereocenters. The fourth-order valence-electron chi connectivity index (χ4n) is 2.35. The molecule has 17 heavy (non-hydrogen) atoms. The number of β-amino-alcohol motifs (C(OH)–C–C–N with tert-alkyl or cyclic N) is 1. The number of nitrogen functional groups attached to an aromatic ring is 1. The van der Waals surface area contributed by atoms with Crippen LogP contribution in [0.3, 0.4) is 0 Å². The first-order valence-corrected chi connectivity index (χ1v) is 5.79. The van der Waals surface area contributed by atoms with Crippen LogP contribution in [0.4, 0.5) is 11.4 Å². The zero-order chi connectivity index (χ0) is 12.5. The molecule has 0 aliphatic carbocycles. The Morgan fingerprint density at radius 3 is 2.94 bits per heavy atom. The summed E-state index contributed by atoms with van der Waals surface area (Å²) in [6.07, 6.45) is 1.74. The standard InChI is InChI=1S/C13H17N3O/c1-13(17)6-3-7-16(9-13)11-5-2-4-10(8-14)12(11)15/h2,4-5,17H,3,6-7,9,15H2,1H3. The molecule has 0 saturated carbocycles. The number of hydrogen-bond acceptors (Lipinski definition) is 4. The van der Waals surface area contributed by atoms with Crippen LogP contribution >= 0.6 is 0 Å². The first-order valence-electron chi connectivity index (χ1n) is 5.79. The van der Waals surface area contributed by atoms with Crippen LogP contribution < -0.4 is 10.6 Å². The molecule has 1 aromatic rings. The van der Waals surface area contributed by atoms with E-state index in [1.165, 1.54) is 0 Å². The summed E-state index contributed by atoms with van der Waals surface area (Å²) < 4.78 is 0. The van der Waals surface area contributed by atoms with Gasteiger partial charge in [0.25, 0.3) is 0 Å². The van der Waals surface area contributed by atoms with Gasteiger partial charge in [0.15, 0.2) is 0 Å². The minimum Gasteiger partial charge on any atom is -0.396 e. The van der Waals surface area contributed by atoms with Crippen LogP contribution in [0.15, 0.2) is 18.2 Å². The molecule has 0 amide bonds. The Kier molecular flexibility index (Phi) is 2.95. The second-order valence-corrected chi connectivity index (χ2v) is 4.87. The number of nitrogens with two attached hydrogens (primary N) is 1. The number of benzene rings is 1. The van der Waals surface area contributed by atoms with Gasteiger partial charge in [-0.25, -0.2) is 0 Å². The number of hydrogen-bond donors (Lipinski definition) is 2. The Morgan fingerprint density at radius 1 is 1.53 bits per heavy atom. The van der Waals surface area contributed by atoms with Gasteiger partial charge in [-0.1, -0.05) is 6.07 Å². The highest BCUT2D eigenvalue weighted by molar-refractivity contribution is 5.74. The van der Waals surface area contributed by atoms with Crippen LogP contribution in [-0.4, -0.2) is 23.8 Å². The molecule has 4 nitrogen and oxygen atoms in total. The quantitative estimate of drug-likeness (QED) is 0.718. The third kappa shape index (κ3) is 2.34. The third-order valence-electron chi connectivity index (χ3n) is 3.22. The predicted octanol–water partition coefficient (Wildman–Crippen LogP) is 1.49. The van der Waals surface area contributed by atoms with Crippen molar-refractivity contribution in [3.8, 4) is 6.07 Å². The number of nitriles is 1. The van der Waals surface area contributed by atoms with Crippen LogP contribution in [0.5, 0.6) is 0 Å². The SMILES string of the molecule is CC1(O)CCCN(c2cccc(C#N)c2N)C1. The van der Waals surface area contributed by atoms with Crippen molar-refractivity contribution in [3.05, 3.63) is 23.8 Å². The second kappa shape index (κ2) is 4.27. The Morgan fingerprint density at radius 2 is 2.29 bits per heavy atom. The lowest BCUT2D eigenvalue weighted by Crippen LogP contribution is -2.46. The van der Waals surface area contributed by atoms with Gasteiger partial charge in [0, 0.05) is 13.1 Å². The topological polar surface area (TPSA) is 73.3 Å². The lowest BCUT2D eigenvalue weighted by molar-refractivity contribution is 0.0450. The molecule has 0 spiro atoms. The molecule has 1 aromatic carbocycles. The average Bonchev–Trinajstić information content (AvgIpc) is 2.28. The minimum atomic E-state index is -0.673. The Labute approximate surface area is 101 Å². The average molecular weight is 231 g/mol. The summed E-state index contributed by atoms with van der Waals surface area (Å²) in [7, 11) is 0. The zero-order valence-electron chi connectivity index (χ0n) is 9.98. The van der Waals surface area contributed by atoms with Crippen LogP contribution in [0.25, 0.3) is 0 Å². The van der Waals surface area contributed by atoms with E-state index in [9.17, 15) is 5.11 Å². The van der Waals surface area contributed by atoms with Gasteiger partial charge in [-0.3, -0.25) is 0 Å². The Hall–Kier alpha value is -1.73. The maximum absolute atomic E-state index is 10.1. The molecule has 1 saturated heterocycles. The second-order valence-electron chi connectivity index (χ2n) is 4.87. The summed E-state index contributed by atoms with van der Waals surface area (Å²) in [4.78, 5) is 2.06. The summed E-state index contributed by atoms with van der Waals surface area (Å²) in [5, 5.41) is 19.0. The molecular formula is C13H17N3O. The summed E-state index contributed by atoms with van der Waals surface area (Å²) in [6, 6.07) is 7.52. The van der Waals surface area contributed by atoms with Crippen molar-refractivity contribution in [1.29, 1.82) is 5.26 Å². The number of aliphatic hydroxyl groups is 1. The molecule has 1 atom stereocenters. The monoisotopic (exact) mass is 231 g/mol. The van der Waals surface area contributed by atoms with Crippen molar-refractivity contribution in [2.75, 3.05) is 23.7 Å². The zero-order valence-corrected chi connectivity index (χ0v) is 9.98. The predicted molar refractivity (Wildman–Crippen MR) is 67.6 cm³/mol. The Bertz CT molecular complexity index is 462. The van der Waals surface area contributed by atoms with E-state index in [2.05, 4.69) is 11.0 Å². The first-order chi connectivity index (χ1) is 8.03.